The van der Waals surface area contributed by atoms with Crippen molar-refractivity contribution in [2.45, 2.75) is 0 Å². The minimum absolute atomic E-state index is 0. The highest BCUT2D eigenvalue weighted by molar-refractivity contribution is 14.0. The van der Waals surface area contributed by atoms with Gasteiger partial charge in [-0.3, -0.25) is 5.41 Å². The summed E-state index contributed by atoms with van der Waals surface area (Å²) in [6.07, 6.45) is 1.86. The Morgan fingerprint density at radius 2 is 1.79 bits per heavy atom. The van der Waals surface area contributed by atoms with Crippen LogP contribution in [0.25, 0.3) is 11.1 Å². The maximum atomic E-state index is 7.72. The lowest BCUT2D eigenvalue weighted by Gasteiger charge is -2.13. The first kappa shape index (κ1) is 16.3. The Labute approximate surface area is 139 Å². The summed E-state index contributed by atoms with van der Waals surface area (Å²) >= 11 is 7.56. The zero-order valence-corrected chi connectivity index (χ0v) is 14.2. The van der Waals surface area contributed by atoms with Crippen LogP contribution >= 0.6 is 47.3 Å². The molecule has 2 aromatic rings. The van der Waals surface area contributed by atoms with E-state index in [0.29, 0.717) is 10.2 Å². The van der Waals surface area contributed by atoms with Crippen molar-refractivity contribution in [1.82, 2.24) is 0 Å². The highest BCUT2D eigenvalue weighted by atomic mass is 127. The lowest BCUT2D eigenvalue weighted by Crippen LogP contribution is -2.06. The van der Waals surface area contributed by atoms with Gasteiger partial charge < -0.3 is 5.32 Å². The van der Waals surface area contributed by atoms with Crippen LogP contribution in [0, 0.1) is 5.41 Å². The van der Waals surface area contributed by atoms with Crippen molar-refractivity contribution >= 4 is 58.2 Å². The summed E-state index contributed by atoms with van der Waals surface area (Å²) in [7, 11) is 0. The third kappa shape index (κ3) is 4.12. The first-order valence-electron chi connectivity index (χ1n) is 5.46. The summed E-state index contributed by atoms with van der Waals surface area (Å²) in [6, 6.07) is 15.7. The number of nitrogens with one attached hydrogen (secondary N) is 2. The molecule has 0 aliphatic rings. The Bertz CT molecular complexity index is 561. The standard InChI is InChI=1S/C14H13ClN2S.HI/c1-18-14(16)17-13-11(8-5-9-12(13)15)10-6-3-2-4-7-10;/h2-9H,1H3,(H2,16,17);1H. The van der Waals surface area contributed by atoms with Gasteiger partial charge in [-0.15, -0.1) is 24.0 Å². The van der Waals surface area contributed by atoms with E-state index >= 15 is 0 Å². The van der Waals surface area contributed by atoms with Crippen LogP contribution in [-0.4, -0.2) is 11.4 Å². The second-order valence-electron chi connectivity index (χ2n) is 3.69. The number of hydrogen-bond acceptors (Lipinski definition) is 2. The van der Waals surface area contributed by atoms with E-state index < -0.39 is 0 Å². The Kier molecular flexibility index (Phi) is 6.68. The summed E-state index contributed by atoms with van der Waals surface area (Å²) < 4.78 is 0. The molecule has 2 nitrogen and oxygen atoms in total. The Morgan fingerprint density at radius 3 is 2.42 bits per heavy atom. The predicted octanol–water partition coefficient (Wildman–Crippen LogP) is 5.33. The third-order valence-electron chi connectivity index (χ3n) is 2.54. The highest BCUT2D eigenvalue weighted by Gasteiger charge is 2.09. The molecule has 0 radical (unpaired) electrons. The molecule has 0 aliphatic heterocycles. The van der Waals surface area contributed by atoms with Crippen molar-refractivity contribution in [1.29, 1.82) is 5.41 Å². The fourth-order valence-corrected chi connectivity index (χ4v) is 2.10. The Balaban J connectivity index is 0.00000180. The van der Waals surface area contributed by atoms with Crippen LogP contribution in [0.1, 0.15) is 0 Å². The third-order valence-corrected chi connectivity index (χ3v) is 3.37. The molecule has 0 fully saturated rings. The van der Waals surface area contributed by atoms with Crippen LogP contribution in [0.3, 0.4) is 0 Å². The van der Waals surface area contributed by atoms with Gasteiger partial charge in [0.2, 0.25) is 0 Å². The molecule has 0 saturated carbocycles. The zero-order chi connectivity index (χ0) is 13.0. The van der Waals surface area contributed by atoms with E-state index in [-0.39, 0.29) is 24.0 Å². The number of anilines is 1. The second kappa shape index (κ2) is 7.77. The molecular formula is C14H14ClIN2S. The number of amidine groups is 1. The average molecular weight is 405 g/mol. The molecule has 0 atom stereocenters. The van der Waals surface area contributed by atoms with E-state index in [4.69, 9.17) is 17.0 Å². The molecule has 0 bridgehead atoms. The largest absolute Gasteiger partial charge is 0.333 e. The van der Waals surface area contributed by atoms with Crippen LogP contribution in [0.15, 0.2) is 48.5 Å². The summed E-state index contributed by atoms with van der Waals surface area (Å²) in [6.45, 7) is 0. The molecule has 0 aromatic heterocycles. The van der Waals surface area contributed by atoms with Crippen LogP contribution in [0.4, 0.5) is 5.69 Å². The zero-order valence-electron chi connectivity index (χ0n) is 10.3. The van der Waals surface area contributed by atoms with Gasteiger partial charge in [-0.05, 0) is 17.9 Å². The minimum Gasteiger partial charge on any atom is -0.333 e. The van der Waals surface area contributed by atoms with Crippen LogP contribution < -0.4 is 5.32 Å². The van der Waals surface area contributed by atoms with Crippen molar-refractivity contribution in [2.24, 2.45) is 0 Å². The topological polar surface area (TPSA) is 35.9 Å². The molecule has 0 spiro atoms. The highest BCUT2D eigenvalue weighted by Crippen LogP contribution is 2.34. The maximum Gasteiger partial charge on any atom is 0.157 e. The van der Waals surface area contributed by atoms with Crippen molar-refractivity contribution in [2.75, 3.05) is 11.6 Å². The maximum absolute atomic E-state index is 7.72. The van der Waals surface area contributed by atoms with E-state index in [2.05, 4.69) is 5.32 Å². The number of rotatable bonds is 2. The number of thioether (sulfide) groups is 1. The lowest BCUT2D eigenvalue weighted by molar-refractivity contribution is 1.51. The van der Waals surface area contributed by atoms with E-state index in [1.807, 2.05) is 54.8 Å². The number of halogens is 2. The van der Waals surface area contributed by atoms with Gasteiger partial charge in [0.1, 0.15) is 0 Å². The van der Waals surface area contributed by atoms with Crippen LogP contribution in [-0.2, 0) is 0 Å². The average Bonchev–Trinajstić information content (AvgIpc) is 2.42. The second-order valence-corrected chi connectivity index (χ2v) is 4.91. The van der Waals surface area contributed by atoms with Gasteiger partial charge in [0.05, 0.1) is 10.7 Å². The van der Waals surface area contributed by atoms with Crippen molar-refractivity contribution < 1.29 is 0 Å². The van der Waals surface area contributed by atoms with E-state index in [1.165, 1.54) is 11.8 Å². The predicted molar refractivity (Wildman–Crippen MR) is 97.2 cm³/mol. The fraction of sp³-hybridized carbons (Fsp3) is 0.0714. The van der Waals surface area contributed by atoms with Crippen molar-refractivity contribution in [3.8, 4) is 11.1 Å². The van der Waals surface area contributed by atoms with Crippen LogP contribution in [0.5, 0.6) is 0 Å². The van der Waals surface area contributed by atoms with Gasteiger partial charge in [-0.1, -0.05) is 65.8 Å². The number of para-hydroxylation sites is 1. The first-order valence-corrected chi connectivity index (χ1v) is 7.06. The molecule has 2 N–H and O–H groups in total. The molecule has 2 rings (SSSR count). The molecule has 0 saturated heterocycles. The Hall–Kier alpha value is -0.720. The van der Waals surface area contributed by atoms with Gasteiger partial charge in [0.25, 0.3) is 0 Å². The minimum atomic E-state index is 0. The molecule has 100 valence electrons. The van der Waals surface area contributed by atoms with Gasteiger partial charge in [0, 0.05) is 5.56 Å². The molecule has 0 aliphatic carbocycles. The van der Waals surface area contributed by atoms with E-state index in [9.17, 15) is 0 Å². The van der Waals surface area contributed by atoms with Gasteiger partial charge in [0.15, 0.2) is 5.17 Å². The van der Waals surface area contributed by atoms with Crippen molar-refractivity contribution in [3.05, 3.63) is 53.6 Å². The molecular weight excluding hydrogens is 391 g/mol. The number of hydrogen-bond donors (Lipinski definition) is 2. The quantitative estimate of drug-likeness (QED) is 0.403. The summed E-state index contributed by atoms with van der Waals surface area (Å²) in [5, 5.41) is 11.8. The molecule has 2 aromatic carbocycles. The number of benzene rings is 2. The van der Waals surface area contributed by atoms with Crippen molar-refractivity contribution in [3.63, 3.8) is 0 Å². The normalized spacial score (nSPS) is 9.58. The summed E-state index contributed by atoms with van der Waals surface area (Å²) in [5.74, 6) is 0. The van der Waals surface area contributed by atoms with Gasteiger partial charge in [-0.25, -0.2) is 0 Å². The van der Waals surface area contributed by atoms with E-state index in [1.54, 1.807) is 0 Å². The SMILES string of the molecule is CSC(=N)Nc1c(Cl)cccc1-c1ccccc1.I. The monoisotopic (exact) mass is 404 g/mol. The van der Waals surface area contributed by atoms with E-state index in [0.717, 1.165) is 16.8 Å². The summed E-state index contributed by atoms with van der Waals surface area (Å²) in [5.41, 5.74) is 2.86. The molecule has 0 amide bonds. The lowest BCUT2D eigenvalue weighted by atomic mass is 10.0. The smallest absolute Gasteiger partial charge is 0.157 e. The van der Waals surface area contributed by atoms with Gasteiger partial charge >= 0.3 is 0 Å². The molecule has 5 heteroatoms. The summed E-state index contributed by atoms with van der Waals surface area (Å²) in [4.78, 5) is 0. The van der Waals surface area contributed by atoms with Gasteiger partial charge in [-0.2, -0.15) is 0 Å². The first-order chi connectivity index (χ1) is 8.72. The molecule has 0 unspecified atom stereocenters. The molecule has 0 heterocycles. The fourth-order valence-electron chi connectivity index (χ4n) is 1.67. The Morgan fingerprint density at radius 1 is 1.11 bits per heavy atom. The van der Waals surface area contributed by atoms with Crippen LogP contribution in [0.2, 0.25) is 5.02 Å². The molecule has 19 heavy (non-hydrogen) atoms.